The molecule has 1 unspecified atom stereocenters. The molecule has 18 heavy (non-hydrogen) atoms. The van der Waals surface area contributed by atoms with Gasteiger partial charge < -0.3 is 0 Å². The highest BCUT2D eigenvalue weighted by atomic mass is 35.5. The summed E-state index contributed by atoms with van der Waals surface area (Å²) in [6.07, 6.45) is 0. The zero-order valence-electron chi connectivity index (χ0n) is 9.97. The normalized spacial score (nSPS) is 12.1. The Balaban J connectivity index is 2.09. The van der Waals surface area contributed by atoms with Crippen molar-refractivity contribution in [1.29, 1.82) is 0 Å². The van der Waals surface area contributed by atoms with Gasteiger partial charge in [-0.05, 0) is 25.1 Å². The monoisotopic (exact) mass is 276 g/mol. The fourth-order valence-electron chi connectivity index (χ4n) is 1.64. The molecule has 0 saturated carbocycles. The number of carbonyl (C=O) groups is 1. The molecule has 0 aliphatic heterocycles. The maximum Gasteiger partial charge on any atom is 0.175 e. The number of hydrogen-bond donors (Lipinski definition) is 0. The molecule has 2 rings (SSSR count). The molecule has 0 N–H and O–H groups in total. The van der Waals surface area contributed by atoms with Gasteiger partial charge in [-0.1, -0.05) is 48.0 Å². The Bertz CT molecular complexity index is 539. The first-order valence-corrected chi connectivity index (χ1v) is 6.94. The highest BCUT2D eigenvalue weighted by Gasteiger charge is 2.16. The lowest BCUT2D eigenvalue weighted by Gasteiger charge is -2.10. The van der Waals surface area contributed by atoms with Gasteiger partial charge in [0.25, 0.3) is 0 Å². The first-order valence-electron chi connectivity index (χ1n) is 5.68. The van der Waals surface area contributed by atoms with Crippen LogP contribution in [0.4, 0.5) is 0 Å². The van der Waals surface area contributed by atoms with Crippen LogP contribution in [0.3, 0.4) is 0 Å². The number of thioether (sulfide) groups is 1. The van der Waals surface area contributed by atoms with Crippen LogP contribution in [0.1, 0.15) is 17.3 Å². The minimum atomic E-state index is -0.120. The van der Waals surface area contributed by atoms with Crippen molar-refractivity contribution in [1.82, 2.24) is 0 Å². The number of benzene rings is 2. The number of Topliss-reactive ketones (excluding diaryl/α,β-unsaturated/α-hetero) is 1. The molecule has 1 nitrogen and oxygen atoms in total. The highest BCUT2D eigenvalue weighted by Crippen LogP contribution is 2.27. The van der Waals surface area contributed by atoms with E-state index in [1.165, 1.54) is 11.8 Å². The predicted octanol–water partition coefficient (Wildman–Crippen LogP) is 4.70. The lowest BCUT2D eigenvalue weighted by molar-refractivity contribution is 0.0994. The van der Waals surface area contributed by atoms with Crippen molar-refractivity contribution >= 4 is 29.1 Å². The Morgan fingerprint density at radius 3 is 2.50 bits per heavy atom. The maximum atomic E-state index is 12.2. The summed E-state index contributed by atoms with van der Waals surface area (Å²) < 4.78 is 0. The van der Waals surface area contributed by atoms with Gasteiger partial charge in [0.2, 0.25) is 0 Å². The zero-order valence-corrected chi connectivity index (χ0v) is 11.5. The van der Waals surface area contributed by atoms with Gasteiger partial charge in [-0.2, -0.15) is 0 Å². The fourth-order valence-corrected chi connectivity index (χ4v) is 2.89. The van der Waals surface area contributed by atoms with Crippen LogP contribution in [0.2, 0.25) is 5.02 Å². The van der Waals surface area contributed by atoms with E-state index in [0.29, 0.717) is 5.02 Å². The van der Waals surface area contributed by atoms with E-state index in [-0.39, 0.29) is 11.0 Å². The standard InChI is InChI=1S/C15H13ClOS/c1-11(15(17)12-6-3-2-4-7-12)18-14-9-5-8-13(16)10-14/h2-11H,1H3. The first kappa shape index (κ1) is 13.2. The fraction of sp³-hybridized carbons (Fsp3) is 0.133. The quantitative estimate of drug-likeness (QED) is 0.594. The molecule has 0 fully saturated rings. The van der Waals surface area contributed by atoms with Gasteiger partial charge in [0.05, 0.1) is 5.25 Å². The molecule has 0 aromatic heterocycles. The van der Waals surface area contributed by atoms with Crippen molar-refractivity contribution in [2.45, 2.75) is 17.1 Å². The van der Waals surface area contributed by atoms with E-state index in [0.717, 1.165) is 10.5 Å². The third-order valence-electron chi connectivity index (χ3n) is 2.54. The molecule has 0 bridgehead atoms. The number of hydrogen-bond acceptors (Lipinski definition) is 2. The Morgan fingerprint density at radius 1 is 1.11 bits per heavy atom. The van der Waals surface area contributed by atoms with Gasteiger partial charge in [-0.15, -0.1) is 11.8 Å². The Morgan fingerprint density at radius 2 is 1.83 bits per heavy atom. The summed E-state index contributed by atoms with van der Waals surface area (Å²) in [4.78, 5) is 13.2. The third-order valence-corrected chi connectivity index (χ3v) is 3.87. The predicted molar refractivity (Wildman–Crippen MR) is 77.5 cm³/mol. The summed E-state index contributed by atoms with van der Waals surface area (Å²) >= 11 is 7.45. The van der Waals surface area contributed by atoms with Gasteiger partial charge >= 0.3 is 0 Å². The van der Waals surface area contributed by atoms with Crippen LogP contribution in [0.25, 0.3) is 0 Å². The molecular weight excluding hydrogens is 264 g/mol. The molecule has 3 heteroatoms. The molecule has 0 heterocycles. The smallest absolute Gasteiger partial charge is 0.175 e. The van der Waals surface area contributed by atoms with E-state index in [2.05, 4.69) is 0 Å². The average Bonchev–Trinajstić information content (AvgIpc) is 2.39. The second-order valence-corrected chi connectivity index (χ2v) is 5.80. The van der Waals surface area contributed by atoms with Gasteiger partial charge in [0.1, 0.15) is 0 Å². The van der Waals surface area contributed by atoms with Crippen LogP contribution < -0.4 is 0 Å². The van der Waals surface area contributed by atoms with Gasteiger partial charge in [-0.25, -0.2) is 0 Å². The van der Waals surface area contributed by atoms with Crippen LogP contribution in [0, 0.1) is 0 Å². The van der Waals surface area contributed by atoms with Gasteiger partial charge in [0.15, 0.2) is 5.78 Å². The molecule has 1 atom stereocenters. The third kappa shape index (κ3) is 3.37. The molecule has 0 amide bonds. The van der Waals surface area contributed by atoms with E-state index in [1.807, 2.05) is 61.5 Å². The number of ketones is 1. The number of carbonyl (C=O) groups excluding carboxylic acids is 1. The topological polar surface area (TPSA) is 17.1 Å². The van der Waals surface area contributed by atoms with Crippen LogP contribution in [-0.2, 0) is 0 Å². The molecule has 0 saturated heterocycles. The summed E-state index contributed by atoms with van der Waals surface area (Å²) in [5, 5.41) is 0.574. The Hall–Kier alpha value is -1.25. The average molecular weight is 277 g/mol. The summed E-state index contributed by atoms with van der Waals surface area (Å²) in [5.74, 6) is 0.139. The molecule has 0 aliphatic carbocycles. The summed E-state index contributed by atoms with van der Waals surface area (Å²) in [6, 6.07) is 16.9. The van der Waals surface area contributed by atoms with Crippen LogP contribution in [0.5, 0.6) is 0 Å². The van der Waals surface area contributed by atoms with E-state index in [9.17, 15) is 4.79 Å². The van der Waals surface area contributed by atoms with Crippen molar-refractivity contribution in [2.75, 3.05) is 0 Å². The van der Waals surface area contributed by atoms with Crippen LogP contribution in [-0.4, -0.2) is 11.0 Å². The van der Waals surface area contributed by atoms with Crippen LogP contribution >= 0.6 is 23.4 Å². The minimum absolute atomic E-state index is 0.120. The summed E-state index contributed by atoms with van der Waals surface area (Å²) in [6.45, 7) is 1.92. The van der Waals surface area contributed by atoms with Crippen molar-refractivity contribution in [3.8, 4) is 0 Å². The second-order valence-electron chi connectivity index (χ2n) is 3.95. The molecule has 0 aliphatic rings. The molecule has 92 valence electrons. The van der Waals surface area contributed by atoms with Crippen molar-refractivity contribution in [3.05, 3.63) is 65.2 Å². The summed E-state index contributed by atoms with van der Waals surface area (Å²) in [7, 11) is 0. The maximum absolute atomic E-state index is 12.2. The SMILES string of the molecule is CC(Sc1cccc(Cl)c1)C(=O)c1ccccc1. The van der Waals surface area contributed by atoms with Gasteiger partial charge in [-0.3, -0.25) is 4.79 Å². The van der Waals surface area contributed by atoms with Crippen molar-refractivity contribution in [2.24, 2.45) is 0 Å². The Labute approximate surface area is 116 Å². The summed E-state index contributed by atoms with van der Waals surface area (Å²) in [5.41, 5.74) is 0.750. The number of rotatable bonds is 4. The second kappa shape index (κ2) is 6.07. The molecule has 0 radical (unpaired) electrons. The van der Waals surface area contributed by atoms with Crippen molar-refractivity contribution in [3.63, 3.8) is 0 Å². The lowest BCUT2D eigenvalue weighted by atomic mass is 10.1. The van der Waals surface area contributed by atoms with Crippen LogP contribution in [0.15, 0.2) is 59.5 Å². The molecule has 2 aromatic rings. The zero-order chi connectivity index (χ0) is 13.0. The van der Waals surface area contributed by atoms with E-state index in [4.69, 9.17) is 11.6 Å². The highest BCUT2D eigenvalue weighted by molar-refractivity contribution is 8.00. The van der Waals surface area contributed by atoms with Gasteiger partial charge in [0, 0.05) is 15.5 Å². The minimum Gasteiger partial charge on any atom is -0.293 e. The van der Waals surface area contributed by atoms with E-state index >= 15 is 0 Å². The first-order chi connectivity index (χ1) is 8.66. The van der Waals surface area contributed by atoms with E-state index < -0.39 is 0 Å². The largest absolute Gasteiger partial charge is 0.293 e. The Kier molecular flexibility index (Phi) is 4.45. The number of halogens is 1. The lowest BCUT2D eigenvalue weighted by Crippen LogP contribution is -2.13. The van der Waals surface area contributed by atoms with E-state index in [1.54, 1.807) is 0 Å². The molecular formula is C15H13ClOS. The molecule has 2 aromatic carbocycles. The molecule has 0 spiro atoms. The van der Waals surface area contributed by atoms with Crippen molar-refractivity contribution < 1.29 is 4.79 Å².